The Kier molecular flexibility index (Phi) is 5.73. The van der Waals surface area contributed by atoms with E-state index >= 15 is 0 Å². The van der Waals surface area contributed by atoms with E-state index in [0.717, 1.165) is 22.0 Å². The van der Waals surface area contributed by atoms with E-state index in [9.17, 15) is 9.59 Å². The zero-order valence-electron chi connectivity index (χ0n) is 16.7. The van der Waals surface area contributed by atoms with Crippen molar-refractivity contribution in [2.45, 2.75) is 19.5 Å². The van der Waals surface area contributed by atoms with Crippen molar-refractivity contribution in [1.29, 1.82) is 0 Å². The van der Waals surface area contributed by atoms with E-state index in [1.165, 1.54) is 12.1 Å². The first-order valence-corrected chi connectivity index (χ1v) is 10.1. The lowest BCUT2D eigenvalue weighted by molar-refractivity contribution is 0.0696. The molecule has 1 amide bonds. The van der Waals surface area contributed by atoms with E-state index in [1.54, 1.807) is 18.3 Å². The molecule has 0 saturated carbocycles. The zero-order chi connectivity index (χ0) is 22.0. The third-order valence-corrected chi connectivity index (χ3v) is 5.42. The number of nitrogens with zero attached hydrogens (tertiary/aromatic N) is 2. The second-order valence-corrected chi connectivity index (χ2v) is 7.73. The van der Waals surface area contributed by atoms with Gasteiger partial charge in [-0.25, -0.2) is 9.78 Å². The van der Waals surface area contributed by atoms with Crippen molar-refractivity contribution in [2.75, 3.05) is 0 Å². The molecule has 31 heavy (non-hydrogen) atoms. The van der Waals surface area contributed by atoms with Crippen LogP contribution >= 0.6 is 11.6 Å². The molecule has 6 nitrogen and oxygen atoms in total. The lowest BCUT2D eigenvalue weighted by Crippen LogP contribution is -2.28. The summed E-state index contributed by atoms with van der Waals surface area (Å²) >= 11 is 5.98. The molecule has 4 rings (SSSR count). The quantitative estimate of drug-likeness (QED) is 0.451. The molecule has 0 bridgehead atoms. The predicted octanol–water partition coefficient (Wildman–Crippen LogP) is 4.93. The number of pyridine rings is 1. The van der Waals surface area contributed by atoms with Crippen LogP contribution in [-0.4, -0.2) is 26.5 Å². The number of fused-ring (bicyclic) bond motifs is 1. The number of hydrogen-bond acceptors (Lipinski definition) is 3. The second kappa shape index (κ2) is 8.62. The Morgan fingerprint density at radius 3 is 2.45 bits per heavy atom. The smallest absolute Gasteiger partial charge is 0.335 e. The van der Waals surface area contributed by atoms with Crippen molar-refractivity contribution in [3.05, 3.63) is 100 Å². The van der Waals surface area contributed by atoms with Crippen LogP contribution in [0.15, 0.2) is 73.1 Å². The molecule has 0 aliphatic rings. The Balaban J connectivity index is 1.59. The van der Waals surface area contributed by atoms with E-state index in [0.29, 0.717) is 17.3 Å². The van der Waals surface area contributed by atoms with Gasteiger partial charge in [-0.2, -0.15) is 0 Å². The Bertz CT molecular complexity index is 1250. The fourth-order valence-electron chi connectivity index (χ4n) is 3.50. The molecule has 156 valence electrons. The van der Waals surface area contributed by atoms with E-state index < -0.39 is 5.97 Å². The predicted molar refractivity (Wildman–Crippen MR) is 120 cm³/mol. The molecule has 4 aromatic rings. The first-order valence-electron chi connectivity index (χ1n) is 9.75. The van der Waals surface area contributed by atoms with Crippen LogP contribution in [0.5, 0.6) is 0 Å². The number of aromatic carboxylic acids is 1. The number of hydrogen-bond donors (Lipinski definition) is 2. The molecule has 0 aliphatic heterocycles. The van der Waals surface area contributed by atoms with Crippen molar-refractivity contribution in [2.24, 2.45) is 0 Å². The molecule has 1 atom stereocenters. The van der Waals surface area contributed by atoms with Gasteiger partial charge >= 0.3 is 5.97 Å². The molecule has 0 unspecified atom stereocenters. The molecule has 0 radical (unpaired) electrons. The zero-order valence-corrected chi connectivity index (χ0v) is 17.5. The number of rotatable bonds is 6. The lowest BCUT2D eigenvalue weighted by Gasteiger charge is -2.15. The van der Waals surface area contributed by atoms with Gasteiger partial charge in [0, 0.05) is 29.3 Å². The largest absolute Gasteiger partial charge is 0.478 e. The molecule has 0 fully saturated rings. The van der Waals surface area contributed by atoms with Gasteiger partial charge in [-0.1, -0.05) is 35.9 Å². The maximum atomic E-state index is 13.1. The van der Waals surface area contributed by atoms with Gasteiger partial charge in [0.1, 0.15) is 0 Å². The van der Waals surface area contributed by atoms with Gasteiger partial charge in [0.15, 0.2) is 5.69 Å². The van der Waals surface area contributed by atoms with E-state index in [-0.39, 0.29) is 17.5 Å². The topological polar surface area (TPSA) is 84.2 Å². The number of aromatic nitrogens is 2. The highest BCUT2D eigenvalue weighted by atomic mass is 35.5. The van der Waals surface area contributed by atoms with Gasteiger partial charge in [-0.3, -0.25) is 4.79 Å². The highest BCUT2D eigenvalue weighted by Crippen LogP contribution is 2.22. The van der Waals surface area contributed by atoms with E-state index in [2.05, 4.69) is 10.3 Å². The van der Waals surface area contributed by atoms with Crippen LogP contribution in [0.2, 0.25) is 5.02 Å². The van der Waals surface area contributed by atoms with Crippen molar-refractivity contribution in [3.8, 4) is 0 Å². The third-order valence-electron chi connectivity index (χ3n) is 5.16. The average Bonchev–Trinajstić information content (AvgIpc) is 3.18. The highest BCUT2D eigenvalue weighted by molar-refractivity contribution is 6.30. The number of carbonyl (C=O) groups excluding carboxylic acids is 1. The minimum Gasteiger partial charge on any atom is -0.478 e. The Morgan fingerprint density at radius 2 is 1.77 bits per heavy atom. The molecule has 0 aliphatic carbocycles. The maximum Gasteiger partial charge on any atom is 0.335 e. The molecule has 2 aromatic heterocycles. The Hall–Kier alpha value is -3.64. The number of benzene rings is 2. The molecule has 7 heteroatoms. The molecule has 2 heterocycles. The third kappa shape index (κ3) is 4.44. The number of carboxylic acid groups (broad SMARTS) is 1. The fourth-order valence-corrected chi connectivity index (χ4v) is 3.62. The molecular formula is C24H20ClN3O3. The summed E-state index contributed by atoms with van der Waals surface area (Å²) < 4.78 is 1.99. The molecule has 2 aromatic carbocycles. The maximum absolute atomic E-state index is 13.1. The molecule has 2 N–H and O–H groups in total. The minimum atomic E-state index is -0.986. The minimum absolute atomic E-state index is 0.203. The first kappa shape index (κ1) is 20.6. The monoisotopic (exact) mass is 433 g/mol. The summed E-state index contributed by atoms with van der Waals surface area (Å²) in [7, 11) is 0. The summed E-state index contributed by atoms with van der Waals surface area (Å²) in [6.45, 7) is 2.43. The number of carboxylic acids is 1. The van der Waals surface area contributed by atoms with Crippen molar-refractivity contribution in [1.82, 2.24) is 14.9 Å². The van der Waals surface area contributed by atoms with Crippen molar-refractivity contribution in [3.63, 3.8) is 0 Å². The van der Waals surface area contributed by atoms with Gasteiger partial charge in [0.05, 0.1) is 17.1 Å². The number of carbonyl (C=O) groups is 2. The van der Waals surface area contributed by atoms with Crippen LogP contribution in [0, 0.1) is 0 Å². The van der Waals surface area contributed by atoms with Crippen LogP contribution in [0.3, 0.4) is 0 Å². The number of halogens is 1. The standard InChI is InChI=1S/C24H20ClN3O3/c1-15(17-4-6-19(7-5-17)24(30)31)27-23(29)21-22-18(10-12-26-21)11-13-28(22)14-16-2-8-20(25)9-3-16/h2-13,15H,14H2,1H3,(H,27,29)(H,30,31)/t15-/m0/s1. The summed E-state index contributed by atoms with van der Waals surface area (Å²) in [6.07, 6.45) is 3.56. The van der Waals surface area contributed by atoms with Gasteiger partial charge in [0.25, 0.3) is 5.91 Å². The van der Waals surface area contributed by atoms with Gasteiger partial charge in [0.2, 0.25) is 0 Å². The lowest BCUT2D eigenvalue weighted by atomic mass is 10.1. The Labute approximate surface area is 184 Å². The Morgan fingerprint density at radius 1 is 1.06 bits per heavy atom. The van der Waals surface area contributed by atoms with Gasteiger partial charge in [-0.05, 0) is 54.4 Å². The van der Waals surface area contributed by atoms with Crippen LogP contribution in [-0.2, 0) is 6.54 Å². The molecule has 0 saturated heterocycles. The summed E-state index contributed by atoms with van der Waals surface area (Å²) in [5, 5.41) is 13.6. The number of nitrogens with one attached hydrogen (secondary N) is 1. The SMILES string of the molecule is C[C@H](NC(=O)c1nccc2ccn(Cc3ccc(Cl)cc3)c12)c1ccc(C(=O)O)cc1. The van der Waals surface area contributed by atoms with Crippen LogP contribution in [0.4, 0.5) is 0 Å². The second-order valence-electron chi connectivity index (χ2n) is 7.29. The van der Waals surface area contributed by atoms with Crippen molar-refractivity contribution < 1.29 is 14.7 Å². The van der Waals surface area contributed by atoms with Gasteiger partial charge in [-0.15, -0.1) is 0 Å². The fraction of sp³-hybridized carbons (Fsp3) is 0.125. The van der Waals surface area contributed by atoms with Crippen molar-refractivity contribution >= 4 is 34.4 Å². The summed E-state index contributed by atoms with van der Waals surface area (Å²) in [4.78, 5) is 28.5. The first-order chi connectivity index (χ1) is 14.9. The average molecular weight is 434 g/mol. The van der Waals surface area contributed by atoms with Crippen LogP contribution in [0.1, 0.15) is 44.9 Å². The summed E-state index contributed by atoms with van der Waals surface area (Å²) in [6, 6.07) is 17.5. The normalized spacial score (nSPS) is 11.9. The summed E-state index contributed by atoms with van der Waals surface area (Å²) in [5.74, 6) is -1.28. The van der Waals surface area contributed by atoms with Crippen LogP contribution < -0.4 is 5.32 Å². The van der Waals surface area contributed by atoms with Crippen LogP contribution in [0.25, 0.3) is 10.9 Å². The number of amides is 1. The highest BCUT2D eigenvalue weighted by Gasteiger charge is 2.18. The molecule has 0 spiro atoms. The van der Waals surface area contributed by atoms with E-state index in [4.69, 9.17) is 16.7 Å². The summed E-state index contributed by atoms with van der Waals surface area (Å²) in [5.41, 5.74) is 3.16. The van der Waals surface area contributed by atoms with Gasteiger partial charge < -0.3 is 15.0 Å². The van der Waals surface area contributed by atoms with E-state index in [1.807, 2.05) is 54.1 Å². The molecular weight excluding hydrogens is 414 g/mol.